The number of amides is 2. The number of hydrogen-bond acceptors (Lipinski definition) is 3. The van der Waals surface area contributed by atoms with Crippen LogP contribution in [0, 0.1) is 19.8 Å². The second kappa shape index (κ2) is 7.55. The SMILES string of the molecule is Cc1ccc(C(=O)NCC2CCN(C(=O)c3ccoc3)CC2)c(C)c1. The van der Waals surface area contributed by atoms with Crippen molar-refractivity contribution in [3.05, 3.63) is 59.0 Å². The highest BCUT2D eigenvalue weighted by Crippen LogP contribution is 2.19. The van der Waals surface area contributed by atoms with E-state index in [1.807, 2.05) is 36.9 Å². The summed E-state index contributed by atoms with van der Waals surface area (Å²) in [5, 5.41) is 3.04. The minimum absolute atomic E-state index is 0.0191. The van der Waals surface area contributed by atoms with Crippen molar-refractivity contribution < 1.29 is 14.0 Å². The molecule has 0 atom stereocenters. The number of aryl methyl sites for hydroxylation is 2. The van der Waals surface area contributed by atoms with E-state index in [0.29, 0.717) is 31.1 Å². The largest absolute Gasteiger partial charge is 0.472 e. The third-order valence-electron chi connectivity index (χ3n) is 4.85. The quantitative estimate of drug-likeness (QED) is 0.930. The molecule has 25 heavy (non-hydrogen) atoms. The van der Waals surface area contributed by atoms with Crippen LogP contribution in [0.25, 0.3) is 0 Å². The number of nitrogens with zero attached hydrogens (tertiary/aromatic N) is 1. The second-order valence-corrected chi connectivity index (χ2v) is 6.78. The molecule has 1 aromatic heterocycles. The lowest BCUT2D eigenvalue weighted by Crippen LogP contribution is -2.41. The Morgan fingerprint density at radius 2 is 1.96 bits per heavy atom. The second-order valence-electron chi connectivity index (χ2n) is 6.78. The normalized spacial score (nSPS) is 15.2. The van der Waals surface area contributed by atoms with Gasteiger partial charge in [-0.3, -0.25) is 9.59 Å². The molecule has 2 amide bonds. The van der Waals surface area contributed by atoms with Crippen LogP contribution < -0.4 is 5.32 Å². The number of carbonyl (C=O) groups is 2. The van der Waals surface area contributed by atoms with Gasteiger partial charge in [-0.1, -0.05) is 17.7 Å². The Labute approximate surface area is 148 Å². The summed E-state index contributed by atoms with van der Waals surface area (Å²) in [6, 6.07) is 7.56. The van der Waals surface area contributed by atoms with Crippen molar-refractivity contribution in [1.29, 1.82) is 0 Å². The van der Waals surface area contributed by atoms with Gasteiger partial charge in [0.25, 0.3) is 11.8 Å². The van der Waals surface area contributed by atoms with Crippen molar-refractivity contribution in [3.63, 3.8) is 0 Å². The molecule has 0 aliphatic carbocycles. The van der Waals surface area contributed by atoms with Crippen LogP contribution in [0.4, 0.5) is 0 Å². The van der Waals surface area contributed by atoms with Crippen molar-refractivity contribution in [1.82, 2.24) is 10.2 Å². The zero-order valence-corrected chi connectivity index (χ0v) is 14.7. The third-order valence-corrected chi connectivity index (χ3v) is 4.85. The highest BCUT2D eigenvalue weighted by Gasteiger charge is 2.24. The van der Waals surface area contributed by atoms with Crippen molar-refractivity contribution in [2.24, 2.45) is 5.92 Å². The average molecular weight is 340 g/mol. The fraction of sp³-hybridized carbons (Fsp3) is 0.400. The third kappa shape index (κ3) is 4.10. The summed E-state index contributed by atoms with van der Waals surface area (Å²) in [7, 11) is 0. The highest BCUT2D eigenvalue weighted by atomic mass is 16.3. The molecule has 5 heteroatoms. The first-order chi connectivity index (χ1) is 12.0. The number of piperidine rings is 1. The number of furan rings is 1. The van der Waals surface area contributed by atoms with Gasteiger partial charge in [0.1, 0.15) is 6.26 Å². The lowest BCUT2D eigenvalue weighted by Gasteiger charge is -2.31. The Morgan fingerprint density at radius 1 is 1.20 bits per heavy atom. The lowest BCUT2D eigenvalue weighted by molar-refractivity contribution is 0.0683. The van der Waals surface area contributed by atoms with Gasteiger partial charge in [0, 0.05) is 25.2 Å². The number of benzene rings is 1. The molecule has 1 saturated heterocycles. The van der Waals surface area contributed by atoms with E-state index in [0.717, 1.165) is 29.5 Å². The molecule has 0 saturated carbocycles. The topological polar surface area (TPSA) is 62.6 Å². The molecule has 2 heterocycles. The van der Waals surface area contributed by atoms with Gasteiger partial charge in [-0.05, 0) is 50.3 Å². The summed E-state index contributed by atoms with van der Waals surface area (Å²) in [6.07, 6.45) is 4.80. The van der Waals surface area contributed by atoms with E-state index < -0.39 is 0 Å². The van der Waals surface area contributed by atoms with Gasteiger partial charge in [-0.2, -0.15) is 0 Å². The van der Waals surface area contributed by atoms with Gasteiger partial charge in [0.15, 0.2) is 0 Å². The fourth-order valence-corrected chi connectivity index (χ4v) is 3.31. The molecule has 1 fully saturated rings. The molecule has 1 aromatic carbocycles. The van der Waals surface area contributed by atoms with Crippen LogP contribution in [0.2, 0.25) is 0 Å². The summed E-state index contributed by atoms with van der Waals surface area (Å²) in [6.45, 7) is 6.07. The maximum absolute atomic E-state index is 12.4. The minimum Gasteiger partial charge on any atom is -0.472 e. The smallest absolute Gasteiger partial charge is 0.257 e. The zero-order chi connectivity index (χ0) is 17.8. The van der Waals surface area contributed by atoms with Crippen LogP contribution in [-0.4, -0.2) is 36.3 Å². The van der Waals surface area contributed by atoms with Crippen molar-refractivity contribution in [2.75, 3.05) is 19.6 Å². The van der Waals surface area contributed by atoms with Gasteiger partial charge in [-0.25, -0.2) is 0 Å². The Balaban J connectivity index is 1.48. The highest BCUT2D eigenvalue weighted by molar-refractivity contribution is 5.95. The number of rotatable bonds is 4. The Morgan fingerprint density at radius 3 is 2.60 bits per heavy atom. The van der Waals surface area contributed by atoms with Crippen molar-refractivity contribution in [2.45, 2.75) is 26.7 Å². The molecule has 132 valence electrons. The van der Waals surface area contributed by atoms with Crippen molar-refractivity contribution >= 4 is 11.8 Å². The predicted molar refractivity (Wildman–Crippen MR) is 95.6 cm³/mol. The summed E-state index contributed by atoms with van der Waals surface area (Å²) in [5.74, 6) is 0.407. The average Bonchev–Trinajstić information content (AvgIpc) is 3.14. The molecule has 1 N–H and O–H groups in total. The minimum atomic E-state index is -0.0191. The zero-order valence-electron chi connectivity index (χ0n) is 14.7. The Bertz CT molecular complexity index is 744. The molecule has 1 aliphatic heterocycles. The van der Waals surface area contributed by atoms with E-state index in [9.17, 15) is 9.59 Å². The van der Waals surface area contributed by atoms with Gasteiger partial charge < -0.3 is 14.6 Å². The Hall–Kier alpha value is -2.56. The molecule has 3 rings (SSSR count). The molecule has 0 radical (unpaired) electrons. The predicted octanol–water partition coefficient (Wildman–Crippen LogP) is 3.18. The summed E-state index contributed by atoms with van der Waals surface area (Å²) >= 11 is 0. The van der Waals surface area contributed by atoms with E-state index >= 15 is 0 Å². The lowest BCUT2D eigenvalue weighted by atomic mass is 9.96. The number of nitrogens with one attached hydrogen (secondary N) is 1. The first-order valence-electron chi connectivity index (χ1n) is 8.71. The van der Waals surface area contributed by atoms with E-state index in [4.69, 9.17) is 4.42 Å². The summed E-state index contributed by atoms with van der Waals surface area (Å²) in [5.41, 5.74) is 3.49. The maximum atomic E-state index is 12.4. The van der Waals surface area contributed by atoms with E-state index in [1.54, 1.807) is 6.07 Å². The maximum Gasteiger partial charge on any atom is 0.257 e. The molecular weight excluding hydrogens is 316 g/mol. The van der Waals surface area contributed by atoms with Crippen molar-refractivity contribution in [3.8, 4) is 0 Å². The van der Waals surface area contributed by atoms with Gasteiger partial charge >= 0.3 is 0 Å². The number of carbonyl (C=O) groups excluding carboxylic acids is 2. The molecular formula is C20H24N2O3. The van der Waals surface area contributed by atoms with Crippen LogP contribution >= 0.6 is 0 Å². The number of likely N-dealkylation sites (tertiary alicyclic amines) is 1. The van der Waals surface area contributed by atoms with Crippen LogP contribution in [0.3, 0.4) is 0 Å². The van der Waals surface area contributed by atoms with Crippen LogP contribution in [0.5, 0.6) is 0 Å². The molecule has 1 aliphatic rings. The number of hydrogen-bond donors (Lipinski definition) is 1. The fourth-order valence-electron chi connectivity index (χ4n) is 3.31. The molecule has 0 bridgehead atoms. The van der Waals surface area contributed by atoms with E-state index in [1.165, 1.54) is 12.5 Å². The van der Waals surface area contributed by atoms with E-state index in [-0.39, 0.29) is 11.8 Å². The molecule has 0 unspecified atom stereocenters. The molecule has 0 spiro atoms. The summed E-state index contributed by atoms with van der Waals surface area (Å²) in [4.78, 5) is 26.5. The standard InChI is InChI=1S/C20H24N2O3/c1-14-3-4-18(15(2)11-14)19(23)21-12-16-5-8-22(9-6-16)20(24)17-7-10-25-13-17/h3-4,7,10-11,13,16H,5-6,8-9,12H2,1-2H3,(H,21,23). The first kappa shape index (κ1) is 17.3. The van der Waals surface area contributed by atoms with Gasteiger partial charge in [0.2, 0.25) is 0 Å². The van der Waals surface area contributed by atoms with Crippen LogP contribution in [0.15, 0.2) is 41.2 Å². The van der Waals surface area contributed by atoms with Crippen LogP contribution in [0.1, 0.15) is 44.7 Å². The van der Waals surface area contributed by atoms with Crippen LogP contribution in [-0.2, 0) is 0 Å². The monoisotopic (exact) mass is 340 g/mol. The van der Waals surface area contributed by atoms with E-state index in [2.05, 4.69) is 5.32 Å². The molecule has 2 aromatic rings. The summed E-state index contributed by atoms with van der Waals surface area (Å²) < 4.78 is 4.98. The van der Waals surface area contributed by atoms with Gasteiger partial charge in [0.05, 0.1) is 11.8 Å². The molecule has 5 nitrogen and oxygen atoms in total. The first-order valence-corrected chi connectivity index (χ1v) is 8.71. The Kier molecular flexibility index (Phi) is 5.22. The van der Waals surface area contributed by atoms with Gasteiger partial charge in [-0.15, -0.1) is 0 Å².